The van der Waals surface area contributed by atoms with E-state index >= 15 is 0 Å². The maximum atomic E-state index is 11.7. The first-order valence-electron chi connectivity index (χ1n) is 16.3. The minimum Gasteiger partial charge on any atom is -0.358 e. The number of nitrogens with zero attached hydrogens (tertiary/aromatic N) is 2. The molecule has 0 saturated carbocycles. The van der Waals surface area contributed by atoms with E-state index in [0.717, 1.165) is 91.7 Å². The number of aldehydes is 4. The lowest BCUT2D eigenvalue weighted by atomic mass is 10.1. The van der Waals surface area contributed by atoms with Gasteiger partial charge in [-0.1, -0.05) is 0 Å². The molecule has 8 bridgehead atoms. The van der Waals surface area contributed by atoms with Crippen molar-refractivity contribution < 1.29 is 19.2 Å². The second-order valence-corrected chi connectivity index (χ2v) is 12.3. The van der Waals surface area contributed by atoms with E-state index in [4.69, 9.17) is 9.97 Å². The molecule has 12 heteroatoms. The highest BCUT2D eigenvalue weighted by Crippen LogP contribution is 2.38. The smallest absolute Gasteiger partial charge is 0.166 e. The van der Waals surface area contributed by atoms with Crippen molar-refractivity contribution in [3.63, 3.8) is 0 Å². The van der Waals surface area contributed by atoms with Crippen molar-refractivity contribution in [3.8, 4) is 44.5 Å². The van der Waals surface area contributed by atoms with Gasteiger partial charge in [-0.2, -0.15) is 0 Å². The molecule has 2 aliphatic rings. The predicted octanol–water partition coefficient (Wildman–Crippen LogP) is 7.89. The van der Waals surface area contributed by atoms with Crippen molar-refractivity contribution in [1.82, 2.24) is 39.9 Å². The number of carbonyl (C=O) groups is 4. The van der Waals surface area contributed by atoms with E-state index in [1.54, 1.807) is 49.1 Å². The van der Waals surface area contributed by atoms with Gasteiger partial charge in [0.2, 0.25) is 0 Å². The molecule has 250 valence electrons. The van der Waals surface area contributed by atoms with Gasteiger partial charge in [0.1, 0.15) is 0 Å². The van der Waals surface area contributed by atoms with E-state index in [2.05, 4.69) is 29.9 Å². The topological polar surface area (TPSA) is 189 Å². The van der Waals surface area contributed by atoms with Crippen LogP contribution in [0.15, 0.2) is 73.3 Å². The van der Waals surface area contributed by atoms with Crippen LogP contribution in [0.5, 0.6) is 0 Å². The second kappa shape index (κ2) is 12.1. The molecule has 6 N–H and O–H groups in total. The number of nitrogens with one attached hydrogen (secondary N) is 6. The van der Waals surface area contributed by atoms with Crippen LogP contribution < -0.4 is 0 Å². The third kappa shape index (κ3) is 5.01. The van der Waals surface area contributed by atoms with Crippen molar-refractivity contribution in [2.24, 2.45) is 0 Å². The minimum atomic E-state index is 0.414. The first kappa shape index (κ1) is 30.5. The van der Waals surface area contributed by atoms with Crippen LogP contribution in [0.1, 0.15) is 64.7 Å². The molecule has 0 amide bonds. The largest absolute Gasteiger partial charge is 0.358 e. The SMILES string of the molecule is O=Cc1cc(-c2c3nc(c(-c4c[nH]c(C=O)c4)c4ccc([nH]4)c(-c4c[nH]c(C=O)c4)c4nc(c(-c5c[nH]c(C=O)c5)c5ccc2[nH]5)C=C4)C=C3)c[nH]1. The van der Waals surface area contributed by atoms with Crippen LogP contribution in [-0.2, 0) is 0 Å². The first-order valence-corrected chi connectivity index (χ1v) is 16.3. The van der Waals surface area contributed by atoms with Crippen molar-refractivity contribution in [2.45, 2.75) is 0 Å². The van der Waals surface area contributed by atoms with Gasteiger partial charge in [-0.3, -0.25) is 19.2 Å². The number of hydrogen-bond donors (Lipinski definition) is 6. The van der Waals surface area contributed by atoms with E-state index in [1.165, 1.54) is 0 Å². The second-order valence-electron chi connectivity index (χ2n) is 12.3. The molecule has 0 saturated heterocycles. The third-order valence-corrected chi connectivity index (χ3v) is 9.24. The fourth-order valence-electron chi connectivity index (χ4n) is 6.92. The number of aromatic amines is 6. The van der Waals surface area contributed by atoms with E-state index in [0.29, 0.717) is 45.6 Å². The van der Waals surface area contributed by atoms with Crippen molar-refractivity contribution in [1.29, 1.82) is 0 Å². The summed E-state index contributed by atoms with van der Waals surface area (Å²) in [6.07, 6.45) is 17.8. The maximum Gasteiger partial charge on any atom is 0.166 e. The molecule has 7 aromatic rings. The van der Waals surface area contributed by atoms with Crippen molar-refractivity contribution in [2.75, 3.05) is 0 Å². The molecule has 0 atom stereocenters. The molecule has 0 spiro atoms. The maximum absolute atomic E-state index is 11.7. The average molecular weight is 683 g/mol. The molecule has 12 nitrogen and oxygen atoms in total. The third-order valence-electron chi connectivity index (χ3n) is 9.24. The Morgan fingerprint density at radius 1 is 0.385 bits per heavy atom. The first-order chi connectivity index (χ1) is 25.5. The molecule has 0 aliphatic carbocycles. The Morgan fingerprint density at radius 3 is 0.846 bits per heavy atom. The Balaban J connectivity index is 1.46. The fraction of sp³-hybridized carbons (Fsp3) is 0. The summed E-state index contributed by atoms with van der Waals surface area (Å²) in [5.41, 5.74) is 13.1. The van der Waals surface area contributed by atoms with Crippen molar-refractivity contribution >= 4 is 71.5 Å². The van der Waals surface area contributed by atoms with E-state index < -0.39 is 0 Å². The number of rotatable bonds is 8. The number of aromatic nitrogens is 8. The Hall–Kier alpha value is -7.60. The van der Waals surface area contributed by atoms with Crippen LogP contribution >= 0.6 is 0 Å². The van der Waals surface area contributed by atoms with Crippen molar-refractivity contribution in [3.05, 3.63) is 119 Å². The van der Waals surface area contributed by atoms with Gasteiger partial charge in [-0.15, -0.1) is 0 Å². The van der Waals surface area contributed by atoms with Crippen LogP contribution in [0.3, 0.4) is 0 Å². The van der Waals surface area contributed by atoms with E-state index in [9.17, 15) is 19.2 Å². The van der Waals surface area contributed by atoms with E-state index in [1.807, 2.05) is 48.6 Å². The summed E-state index contributed by atoms with van der Waals surface area (Å²) in [7, 11) is 0. The molecule has 9 heterocycles. The van der Waals surface area contributed by atoms with Gasteiger partial charge in [0, 0.05) is 91.4 Å². The monoisotopic (exact) mass is 682 g/mol. The van der Waals surface area contributed by atoms with Gasteiger partial charge < -0.3 is 29.9 Å². The number of carbonyl (C=O) groups excluding carboxylic acids is 4. The van der Waals surface area contributed by atoms with Gasteiger partial charge in [0.05, 0.1) is 45.6 Å². The highest BCUT2D eigenvalue weighted by Gasteiger charge is 2.20. The summed E-state index contributed by atoms with van der Waals surface area (Å²) in [5.74, 6) is 0. The lowest BCUT2D eigenvalue weighted by Gasteiger charge is -2.04. The van der Waals surface area contributed by atoms with Gasteiger partial charge in [-0.05, 0) is 72.8 Å². The zero-order valence-corrected chi connectivity index (χ0v) is 27.1. The lowest BCUT2D eigenvalue weighted by molar-refractivity contribution is 0.111. The minimum absolute atomic E-state index is 0.414. The normalized spacial score (nSPS) is 12.0. The molecule has 2 aliphatic heterocycles. The summed E-state index contributed by atoms with van der Waals surface area (Å²) in [6, 6.07) is 14.9. The van der Waals surface area contributed by atoms with Crippen LogP contribution in [0.4, 0.5) is 0 Å². The summed E-state index contributed by atoms with van der Waals surface area (Å²) < 4.78 is 0. The Morgan fingerprint density at radius 2 is 0.635 bits per heavy atom. The highest BCUT2D eigenvalue weighted by atomic mass is 16.1. The summed E-state index contributed by atoms with van der Waals surface area (Å²) in [5, 5.41) is 0. The summed E-state index contributed by atoms with van der Waals surface area (Å²) in [6.45, 7) is 0. The lowest BCUT2D eigenvalue weighted by Crippen LogP contribution is -1.88. The standard InChI is InChI=1S/C40H26N8O4/c49-17-25-9-21(13-41-25)37-29-1-2-30(45-29)38(22-10-26(18-50)42-14-22)32-5-6-34(47-32)40(24-12-28(20-52)44-16-24)36-8-7-35(48-36)39(33-4-3-31(37)46-33)23-11-27(19-51)43-15-23/h1-20,41-45,48H. The number of H-pyrrole nitrogens is 6. The van der Waals surface area contributed by atoms with Gasteiger partial charge in [0.25, 0.3) is 0 Å². The molecule has 0 unspecified atom stereocenters. The average Bonchev–Trinajstić information content (AvgIpc) is 4.02. The highest BCUT2D eigenvalue weighted by molar-refractivity contribution is 6.00. The molecule has 0 radical (unpaired) electrons. The molecular weight excluding hydrogens is 656 g/mol. The molecule has 9 rings (SSSR count). The molecule has 7 aromatic heterocycles. The number of hydrogen-bond acceptors (Lipinski definition) is 6. The summed E-state index contributed by atoms with van der Waals surface area (Å²) in [4.78, 5) is 76.6. The molecule has 0 fully saturated rings. The fourth-order valence-corrected chi connectivity index (χ4v) is 6.92. The quantitative estimate of drug-likeness (QED) is 0.0884. The van der Waals surface area contributed by atoms with Gasteiger partial charge >= 0.3 is 0 Å². The molecule has 0 aromatic carbocycles. The predicted molar refractivity (Wildman–Crippen MR) is 200 cm³/mol. The van der Waals surface area contributed by atoms with Crippen LogP contribution in [-0.4, -0.2) is 65.0 Å². The number of fused-ring (bicyclic) bond motifs is 8. The summed E-state index contributed by atoms with van der Waals surface area (Å²) >= 11 is 0. The van der Waals surface area contributed by atoms with E-state index in [-0.39, 0.29) is 0 Å². The van der Waals surface area contributed by atoms with Crippen LogP contribution in [0, 0.1) is 0 Å². The Bertz CT molecular complexity index is 2470. The van der Waals surface area contributed by atoms with Crippen LogP contribution in [0.25, 0.3) is 90.9 Å². The Kier molecular flexibility index (Phi) is 7.07. The van der Waals surface area contributed by atoms with Gasteiger partial charge in [-0.25, -0.2) is 9.97 Å². The zero-order valence-electron chi connectivity index (χ0n) is 27.1. The Labute approximate surface area is 293 Å². The zero-order chi connectivity index (χ0) is 35.3. The molecular formula is C40H26N8O4. The van der Waals surface area contributed by atoms with Gasteiger partial charge in [0.15, 0.2) is 25.1 Å². The van der Waals surface area contributed by atoms with Crippen LogP contribution in [0.2, 0.25) is 0 Å². The molecule has 52 heavy (non-hydrogen) atoms.